The number of nitrogens with one attached hydrogen (secondary N) is 1. The van der Waals surface area contributed by atoms with E-state index in [4.69, 9.17) is 9.47 Å². The van der Waals surface area contributed by atoms with Crippen LogP contribution in [-0.4, -0.2) is 13.2 Å². The van der Waals surface area contributed by atoms with E-state index in [0.29, 0.717) is 12.5 Å². The van der Waals surface area contributed by atoms with Gasteiger partial charge in [-0.25, -0.2) is 0 Å². The van der Waals surface area contributed by atoms with Crippen LogP contribution in [0, 0.1) is 19.8 Å². The molecule has 3 nitrogen and oxygen atoms in total. The monoisotopic (exact) mass is 401 g/mol. The summed E-state index contributed by atoms with van der Waals surface area (Å²) in [5.41, 5.74) is 6.32. The van der Waals surface area contributed by atoms with Crippen molar-refractivity contribution in [3.63, 3.8) is 0 Å². The molecule has 2 heterocycles. The number of fused-ring (bicyclic) bond motifs is 3. The van der Waals surface area contributed by atoms with Gasteiger partial charge in [-0.2, -0.15) is 0 Å². The predicted octanol–water partition coefficient (Wildman–Crippen LogP) is 5.71. The van der Waals surface area contributed by atoms with Crippen molar-refractivity contribution in [2.45, 2.75) is 39.3 Å². The third-order valence-electron chi connectivity index (χ3n) is 5.29. The lowest BCUT2D eigenvalue weighted by molar-refractivity contribution is 0.0825. The second kappa shape index (κ2) is 6.65. The van der Waals surface area contributed by atoms with Crippen LogP contribution in [0.5, 0.6) is 5.75 Å². The van der Waals surface area contributed by atoms with Crippen LogP contribution in [0.1, 0.15) is 47.7 Å². The summed E-state index contributed by atoms with van der Waals surface area (Å²) < 4.78 is 13.2. The Morgan fingerprint density at radius 2 is 2.04 bits per heavy atom. The van der Waals surface area contributed by atoms with Gasteiger partial charge in [-0.1, -0.05) is 33.6 Å². The minimum absolute atomic E-state index is 0.160. The standard InChI is InChI=1S/C21H24BrNO2/c1-4-24-18-6-5-14(22)11-16(18)20-15-7-8-25-21(15)17-10-12(2)9-13(3)19(17)23-20/h5-6,9-11,15,20-21,23H,4,7-8H2,1-3H3/t15-,20?,21-/m0/s1. The molecule has 25 heavy (non-hydrogen) atoms. The van der Waals surface area contributed by atoms with Gasteiger partial charge >= 0.3 is 0 Å². The molecule has 0 aromatic heterocycles. The van der Waals surface area contributed by atoms with Crippen LogP contribution in [0.15, 0.2) is 34.8 Å². The topological polar surface area (TPSA) is 30.5 Å². The molecule has 0 saturated carbocycles. The first-order valence-electron chi connectivity index (χ1n) is 9.00. The SMILES string of the molecule is CCOc1ccc(Br)cc1C1Nc2c(C)cc(C)cc2[C@H]2OCC[C@@H]12. The molecule has 2 aromatic carbocycles. The molecule has 132 valence electrons. The zero-order chi connectivity index (χ0) is 17.6. The number of rotatable bonds is 3. The van der Waals surface area contributed by atoms with Crippen LogP contribution in [-0.2, 0) is 4.74 Å². The van der Waals surface area contributed by atoms with Crippen molar-refractivity contribution in [2.24, 2.45) is 5.92 Å². The average Bonchev–Trinajstić information content (AvgIpc) is 3.06. The molecule has 1 N–H and O–H groups in total. The Kier molecular flexibility index (Phi) is 4.50. The smallest absolute Gasteiger partial charge is 0.124 e. The fraction of sp³-hybridized carbons (Fsp3) is 0.429. The minimum atomic E-state index is 0.160. The van der Waals surface area contributed by atoms with Crippen molar-refractivity contribution >= 4 is 21.6 Å². The molecule has 1 saturated heterocycles. The van der Waals surface area contributed by atoms with Gasteiger partial charge in [-0.05, 0) is 51.0 Å². The molecule has 0 amide bonds. The van der Waals surface area contributed by atoms with E-state index in [9.17, 15) is 0 Å². The molecule has 2 aliphatic rings. The summed E-state index contributed by atoms with van der Waals surface area (Å²) in [4.78, 5) is 0. The van der Waals surface area contributed by atoms with E-state index >= 15 is 0 Å². The van der Waals surface area contributed by atoms with Crippen LogP contribution in [0.25, 0.3) is 0 Å². The number of anilines is 1. The second-order valence-electron chi connectivity index (χ2n) is 7.03. The summed E-state index contributed by atoms with van der Waals surface area (Å²) in [5, 5.41) is 3.83. The maximum Gasteiger partial charge on any atom is 0.124 e. The van der Waals surface area contributed by atoms with Gasteiger partial charge in [0.1, 0.15) is 5.75 Å². The third kappa shape index (κ3) is 2.96. The molecule has 0 radical (unpaired) electrons. The molecule has 2 aliphatic heterocycles. The molecule has 4 rings (SSSR count). The Balaban J connectivity index is 1.83. The summed E-state index contributed by atoms with van der Waals surface area (Å²) in [5.74, 6) is 1.38. The molecule has 0 bridgehead atoms. The largest absolute Gasteiger partial charge is 0.494 e. The van der Waals surface area contributed by atoms with E-state index in [2.05, 4.69) is 59.4 Å². The van der Waals surface area contributed by atoms with Gasteiger partial charge in [-0.3, -0.25) is 0 Å². The molecule has 4 heteroatoms. The van der Waals surface area contributed by atoms with E-state index in [0.717, 1.165) is 23.2 Å². The first kappa shape index (κ1) is 16.9. The second-order valence-corrected chi connectivity index (χ2v) is 7.94. The number of ether oxygens (including phenoxy) is 2. The Bertz CT molecular complexity index is 805. The number of benzene rings is 2. The average molecular weight is 402 g/mol. The Labute approximate surface area is 157 Å². The normalized spacial score (nSPS) is 24.4. The molecule has 1 fully saturated rings. The maximum atomic E-state index is 6.18. The van der Waals surface area contributed by atoms with Gasteiger partial charge in [-0.15, -0.1) is 0 Å². The fourth-order valence-electron chi connectivity index (χ4n) is 4.31. The number of halogens is 1. The van der Waals surface area contributed by atoms with Crippen molar-refractivity contribution in [3.05, 3.63) is 57.1 Å². The van der Waals surface area contributed by atoms with E-state index in [1.165, 1.54) is 27.9 Å². The van der Waals surface area contributed by atoms with Crippen molar-refractivity contribution in [2.75, 3.05) is 18.5 Å². The summed E-state index contributed by atoms with van der Waals surface area (Å²) >= 11 is 3.63. The number of aryl methyl sites for hydroxylation is 2. The van der Waals surface area contributed by atoms with Crippen molar-refractivity contribution in [3.8, 4) is 5.75 Å². The highest BCUT2D eigenvalue weighted by Gasteiger charge is 2.42. The van der Waals surface area contributed by atoms with Gasteiger partial charge in [0.15, 0.2) is 0 Å². The third-order valence-corrected chi connectivity index (χ3v) is 5.78. The molecular weight excluding hydrogens is 378 g/mol. The summed E-state index contributed by atoms with van der Waals surface area (Å²) in [6.45, 7) is 7.85. The Morgan fingerprint density at radius 1 is 1.20 bits per heavy atom. The fourth-order valence-corrected chi connectivity index (χ4v) is 4.69. The molecule has 3 atom stereocenters. The van der Waals surface area contributed by atoms with Crippen LogP contribution >= 0.6 is 15.9 Å². The van der Waals surface area contributed by atoms with E-state index in [-0.39, 0.29) is 12.1 Å². The maximum absolute atomic E-state index is 6.18. The number of hydrogen-bond acceptors (Lipinski definition) is 3. The zero-order valence-corrected chi connectivity index (χ0v) is 16.5. The van der Waals surface area contributed by atoms with Gasteiger partial charge in [0.05, 0.1) is 18.8 Å². The van der Waals surface area contributed by atoms with E-state index in [1.54, 1.807) is 0 Å². The Hall–Kier alpha value is -1.52. The van der Waals surface area contributed by atoms with Gasteiger partial charge in [0.2, 0.25) is 0 Å². The molecular formula is C21H24BrNO2. The zero-order valence-electron chi connectivity index (χ0n) is 14.9. The summed E-state index contributed by atoms with van der Waals surface area (Å²) in [6.07, 6.45) is 1.22. The predicted molar refractivity (Wildman–Crippen MR) is 104 cm³/mol. The summed E-state index contributed by atoms with van der Waals surface area (Å²) in [6, 6.07) is 11.0. The van der Waals surface area contributed by atoms with Gasteiger partial charge in [0, 0.05) is 33.8 Å². The minimum Gasteiger partial charge on any atom is -0.494 e. The van der Waals surface area contributed by atoms with Crippen molar-refractivity contribution in [1.29, 1.82) is 0 Å². The molecule has 0 aliphatic carbocycles. The van der Waals surface area contributed by atoms with Gasteiger partial charge < -0.3 is 14.8 Å². The Morgan fingerprint density at radius 3 is 2.84 bits per heavy atom. The summed E-state index contributed by atoms with van der Waals surface area (Å²) in [7, 11) is 0. The molecule has 1 unspecified atom stereocenters. The molecule has 0 spiro atoms. The van der Waals surface area contributed by atoms with Gasteiger partial charge in [0.25, 0.3) is 0 Å². The first-order valence-corrected chi connectivity index (χ1v) is 9.79. The lowest BCUT2D eigenvalue weighted by Gasteiger charge is -2.38. The van der Waals surface area contributed by atoms with Crippen LogP contribution in [0.3, 0.4) is 0 Å². The van der Waals surface area contributed by atoms with E-state index < -0.39 is 0 Å². The lowest BCUT2D eigenvalue weighted by atomic mass is 9.79. The van der Waals surface area contributed by atoms with Crippen LogP contribution in [0.2, 0.25) is 0 Å². The highest BCUT2D eigenvalue weighted by molar-refractivity contribution is 9.10. The molecule has 2 aromatic rings. The highest BCUT2D eigenvalue weighted by Crippen LogP contribution is 2.52. The van der Waals surface area contributed by atoms with Crippen molar-refractivity contribution in [1.82, 2.24) is 0 Å². The van der Waals surface area contributed by atoms with Crippen LogP contribution < -0.4 is 10.1 Å². The first-order chi connectivity index (χ1) is 12.1. The quantitative estimate of drug-likeness (QED) is 0.714. The number of hydrogen-bond donors (Lipinski definition) is 1. The van der Waals surface area contributed by atoms with Crippen LogP contribution in [0.4, 0.5) is 5.69 Å². The highest BCUT2D eigenvalue weighted by atomic mass is 79.9. The lowest BCUT2D eigenvalue weighted by Crippen LogP contribution is -2.30. The van der Waals surface area contributed by atoms with E-state index in [1.807, 2.05) is 13.0 Å². The van der Waals surface area contributed by atoms with Crippen molar-refractivity contribution < 1.29 is 9.47 Å².